The fourth-order valence-corrected chi connectivity index (χ4v) is 4.51. The van der Waals surface area contributed by atoms with Crippen molar-refractivity contribution in [3.05, 3.63) is 23.9 Å². The zero-order valence-corrected chi connectivity index (χ0v) is 13.5. The highest BCUT2D eigenvalue weighted by Crippen LogP contribution is 2.48. The molecule has 2 heterocycles. The Bertz CT molecular complexity index is 571. The van der Waals surface area contributed by atoms with Gasteiger partial charge in [-0.1, -0.05) is 12.5 Å². The molecular weight excluding hydrogens is 290 g/mol. The van der Waals surface area contributed by atoms with Gasteiger partial charge in [-0.2, -0.15) is 0 Å². The number of fused-ring (bicyclic) bond motifs is 2. The van der Waals surface area contributed by atoms with Crippen LogP contribution in [0.15, 0.2) is 18.3 Å². The number of hydrogen-bond acceptors (Lipinski definition) is 4. The summed E-state index contributed by atoms with van der Waals surface area (Å²) < 4.78 is 5.42. The molecule has 1 aliphatic heterocycles. The van der Waals surface area contributed by atoms with E-state index in [9.17, 15) is 4.79 Å². The summed E-state index contributed by atoms with van der Waals surface area (Å²) in [5, 5.41) is 3.17. The number of carbonyl (C=O) groups is 1. The molecule has 2 bridgehead atoms. The van der Waals surface area contributed by atoms with Crippen LogP contribution >= 0.6 is 0 Å². The van der Waals surface area contributed by atoms with Gasteiger partial charge in [-0.05, 0) is 37.2 Å². The number of hydrogen-bond donors (Lipinski definition) is 1. The second-order valence-electron chi connectivity index (χ2n) is 7.08. The standard InChI is InChI=1S/C18H25N3O2/c22-18(16-11-13-3-4-14(16)10-13)20-12-15-2-1-5-19-17(15)21-6-8-23-9-7-21/h1-2,5,13-14,16H,3-4,6-12H2,(H,20,22). The molecule has 3 aliphatic rings. The average Bonchev–Trinajstić information content (AvgIpc) is 3.24. The predicted octanol–water partition coefficient (Wildman–Crippen LogP) is 1.97. The van der Waals surface area contributed by atoms with E-state index < -0.39 is 0 Å². The van der Waals surface area contributed by atoms with Crippen molar-refractivity contribution >= 4 is 11.7 Å². The van der Waals surface area contributed by atoms with Gasteiger partial charge in [0, 0.05) is 37.3 Å². The van der Waals surface area contributed by atoms with Gasteiger partial charge in [-0.25, -0.2) is 4.98 Å². The van der Waals surface area contributed by atoms with Gasteiger partial charge in [0.2, 0.25) is 5.91 Å². The summed E-state index contributed by atoms with van der Waals surface area (Å²) in [6, 6.07) is 4.02. The quantitative estimate of drug-likeness (QED) is 0.923. The number of carbonyl (C=O) groups excluding carboxylic acids is 1. The maximum absolute atomic E-state index is 12.5. The first-order valence-electron chi connectivity index (χ1n) is 8.85. The summed E-state index contributed by atoms with van der Waals surface area (Å²) >= 11 is 0. The molecule has 3 atom stereocenters. The van der Waals surface area contributed by atoms with E-state index in [1.807, 2.05) is 12.3 Å². The fraction of sp³-hybridized carbons (Fsp3) is 0.667. The van der Waals surface area contributed by atoms with E-state index in [4.69, 9.17) is 4.74 Å². The van der Waals surface area contributed by atoms with Crippen molar-refractivity contribution in [2.75, 3.05) is 31.2 Å². The fourth-order valence-electron chi connectivity index (χ4n) is 4.51. The first-order chi connectivity index (χ1) is 11.3. The van der Waals surface area contributed by atoms with Crippen LogP contribution in [0.25, 0.3) is 0 Å². The predicted molar refractivity (Wildman–Crippen MR) is 88.1 cm³/mol. The lowest BCUT2D eigenvalue weighted by Crippen LogP contribution is -2.38. The van der Waals surface area contributed by atoms with Gasteiger partial charge in [0.15, 0.2) is 0 Å². The molecule has 2 aliphatic carbocycles. The Kier molecular flexibility index (Phi) is 4.21. The topological polar surface area (TPSA) is 54.5 Å². The highest BCUT2D eigenvalue weighted by molar-refractivity contribution is 5.79. The van der Waals surface area contributed by atoms with Crippen LogP contribution < -0.4 is 10.2 Å². The minimum Gasteiger partial charge on any atom is -0.378 e. The Morgan fingerprint density at radius 3 is 2.91 bits per heavy atom. The van der Waals surface area contributed by atoms with Crippen molar-refractivity contribution < 1.29 is 9.53 Å². The molecule has 0 spiro atoms. The van der Waals surface area contributed by atoms with Crippen molar-refractivity contribution in [1.29, 1.82) is 0 Å². The third-order valence-electron chi connectivity index (χ3n) is 5.71. The van der Waals surface area contributed by atoms with Crippen molar-refractivity contribution in [1.82, 2.24) is 10.3 Å². The molecule has 1 N–H and O–H groups in total. The molecule has 1 saturated heterocycles. The van der Waals surface area contributed by atoms with E-state index in [0.29, 0.717) is 12.5 Å². The lowest BCUT2D eigenvalue weighted by Gasteiger charge is -2.29. The molecule has 1 aromatic rings. The van der Waals surface area contributed by atoms with E-state index in [-0.39, 0.29) is 11.8 Å². The SMILES string of the molecule is O=C(NCc1cccnc1N1CCOCC1)C1CC2CCC1C2. The van der Waals surface area contributed by atoms with Gasteiger partial charge >= 0.3 is 0 Å². The molecule has 2 saturated carbocycles. The number of pyridine rings is 1. The lowest BCUT2D eigenvalue weighted by atomic mass is 9.88. The molecule has 23 heavy (non-hydrogen) atoms. The Labute approximate surface area is 137 Å². The Morgan fingerprint density at radius 2 is 2.17 bits per heavy atom. The summed E-state index contributed by atoms with van der Waals surface area (Å²) in [5.74, 6) is 2.92. The molecule has 0 radical (unpaired) electrons. The summed E-state index contributed by atoms with van der Waals surface area (Å²) in [6.07, 6.45) is 6.77. The molecule has 1 aromatic heterocycles. The molecule has 124 valence electrons. The minimum absolute atomic E-state index is 0.244. The monoisotopic (exact) mass is 315 g/mol. The van der Waals surface area contributed by atoms with Crippen LogP contribution in [0, 0.1) is 17.8 Å². The molecular formula is C18H25N3O2. The van der Waals surface area contributed by atoms with Gasteiger partial charge in [0.05, 0.1) is 13.2 Å². The van der Waals surface area contributed by atoms with E-state index in [1.54, 1.807) is 0 Å². The van der Waals surface area contributed by atoms with E-state index in [0.717, 1.165) is 50.0 Å². The molecule has 4 rings (SSSR count). The Balaban J connectivity index is 1.40. The normalized spacial score (nSPS) is 29.7. The van der Waals surface area contributed by atoms with Crippen LogP contribution in [0.3, 0.4) is 0 Å². The summed E-state index contributed by atoms with van der Waals surface area (Å²) in [6.45, 7) is 3.79. The smallest absolute Gasteiger partial charge is 0.223 e. The lowest BCUT2D eigenvalue weighted by molar-refractivity contribution is -0.126. The van der Waals surface area contributed by atoms with E-state index in [2.05, 4.69) is 21.3 Å². The van der Waals surface area contributed by atoms with Crippen molar-refractivity contribution in [2.24, 2.45) is 17.8 Å². The second kappa shape index (κ2) is 6.48. The van der Waals surface area contributed by atoms with Crippen molar-refractivity contribution in [2.45, 2.75) is 32.2 Å². The van der Waals surface area contributed by atoms with E-state index in [1.165, 1.54) is 19.3 Å². The van der Waals surface area contributed by atoms with Crippen molar-refractivity contribution in [3.8, 4) is 0 Å². The van der Waals surface area contributed by atoms with Crippen LogP contribution in [-0.4, -0.2) is 37.2 Å². The molecule has 0 aromatic carbocycles. The molecule has 3 unspecified atom stereocenters. The highest BCUT2D eigenvalue weighted by Gasteiger charge is 2.42. The number of anilines is 1. The number of morpholine rings is 1. The summed E-state index contributed by atoms with van der Waals surface area (Å²) in [5.41, 5.74) is 1.10. The van der Waals surface area contributed by atoms with E-state index >= 15 is 0 Å². The van der Waals surface area contributed by atoms with Crippen LogP contribution in [0.4, 0.5) is 5.82 Å². The average molecular weight is 315 g/mol. The number of aromatic nitrogens is 1. The summed E-state index contributed by atoms with van der Waals surface area (Å²) in [4.78, 5) is 19.3. The minimum atomic E-state index is 0.244. The number of nitrogens with zero attached hydrogens (tertiary/aromatic N) is 2. The number of nitrogens with one attached hydrogen (secondary N) is 1. The molecule has 5 heteroatoms. The zero-order valence-electron chi connectivity index (χ0n) is 13.5. The summed E-state index contributed by atoms with van der Waals surface area (Å²) in [7, 11) is 0. The van der Waals surface area contributed by atoms with Gasteiger partial charge < -0.3 is 15.0 Å². The third kappa shape index (κ3) is 3.07. The van der Waals surface area contributed by atoms with Crippen LogP contribution in [0.1, 0.15) is 31.2 Å². The van der Waals surface area contributed by atoms with Crippen LogP contribution in [0.2, 0.25) is 0 Å². The Morgan fingerprint density at radius 1 is 1.30 bits per heavy atom. The van der Waals surface area contributed by atoms with Gasteiger partial charge in [0.1, 0.15) is 5.82 Å². The highest BCUT2D eigenvalue weighted by atomic mass is 16.5. The zero-order chi connectivity index (χ0) is 15.6. The van der Waals surface area contributed by atoms with Gasteiger partial charge in [0.25, 0.3) is 0 Å². The van der Waals surface area contributed by atoms with Crippen LogP contribution in [0.5, 0.6) is 0 Å². The molecule has 1 amide bonds. The Hall–Kier alpha value is -1.62. The van der Waals surface area contributed by atoms with Crippen molar-refractivity contribution in [3.63, 3.8) is 0 Å². The number of rotatable bonds is 4. The van der Waals surface area contributed by atoms with Gasteiger partial charge in [-0.15, -0.1) is 0 Å². The number of ether oxygens (including phenoxy) is 1. The maximum Gasteiger partial charge on any atom is 0.223 e. The first-order valence-corrected chi connectivity index (χ1v) is 8.85. The largest absolute Gasteiger partial charge is 0.378 e. The third-order valence-corrected chi connectivity index (χ3v) is 5.71. The second-order valence-corrected chi connectivity index (χ2v) is 7.08. The molecule has 5 nitrogen and oxygen atoms in total. The molecule has 3 fully saturated rings. The first kappa shape index (κ1) is 14.9. The van der Waals surface area contributed by atoms with Gasteiger partial charge in [-0.3, -0.25) is 4.79 Å². The number of amides is 1. The maximum atomic E-state index is 12.5. The van der Waals surface area contributed by atoms with Crippen LogP contribution in [-0.2, 0) is 16.1 Å².